The van der Waals surface area contributed by atoms with Crippen molar-refractivity contribution in [3.05, 3.63) is 116 Å². The van der Waals surface area contributed by atoms with Crippen molar-refractivity contribution in [1.29, 1.82) is 0 Å². The minimum Gasteiger partial charge on any atom is -0.369 e. The van der Waals surface area contributed by atoms with E-state index in [0.717, 1.165) is 16.1 Å². The van der Waals surface area contributed by atoms with E-state index in [1.165, 1.54) is 27.9 Å². The lowest BCUT2D eigenvalue weighted by Gasteiger charge is -2.23. The number of benzene rings is 4. The number of nitrogens with zero attached hydrogens (tertiary/aromatic N) is 3. The molecule has 10 heteroatoms. The summed E-state index contributed by atoms with van der Waals surface area (Å²) in [5, 5.41) is 1.91. The standard InChI is InChI=1S/C31H26Cl4N4OS/c1-18-8-11-20(12-9-18)17-38(3)26-6-4-5-7-27(26)41-29-30(36-25-14-19(2)10-13-22(25)33)37-39(31(29)40)28-23(34)15-21(32)16-24(28)35/h4-16,29H,17H2,1-3H3,(H,36,37). The fourth-order valence-corrected chi connectivity index (χ4v) is 6.78. The Morgan fingerprint density at radius 3 is 2.24 bits per heavy atom. The second-order valence-corrected chi connectivity index (χ2v) is 12.6. The Morgan fingerprint density at radius 1 is 0.878 bits per heavy atom. The molecule has 210 valence electrons. The maximum atomic E-state index is 14.0. The fourth-order valence-electron chi connectivity index (χ4n) is 4.46. The second kappa shape index (κ2) is 12.6. The summed E-state index contributed by atoms with van der Waals surface area (Å²) < 4.78 is 0. The summed E-state index contributed by atoms with van der Waals surface area (Å²) in [4.78, 5) is 21.9. The van der Waals surface area contributed by atoms with Crippen molar-refractivity contribution in [2.75, 3.05) is 17.0 Å². The molecule has 0 radical (unpaired) electrons. The van der Waals surface area contributed by atoms with E-state index in [1.54, 1.807) is 18.2 Å². The van der Waals surface area contributed by atoms with Crippen LogP contribution in [-0.4, -0.2) is 24.0 Å². The molecular weight excluding hydrogens is 618 g/mol. The number of rotatable bonds is 7. The van der Waals surface area contributed by atoms with E-state index in [0.29, 0.717) is 33.8 Å². The topological polar surface area (TPSA) is 47.9 Å². The van der Waals surface area contributed by atoms with Crippen LogP contribution in [0.15, 0.2) is 88.8 Å². The first-order valence-electron chi connectivity index (χ1n) is 12.7. The first kappa shape index (κ1) is 29.6. The highest BCUT2D eigenvalue weighted by Gasteiger charge is 2.41. The summed E-state index contributed by atoms with van der Waals surface area (Å²) in [6.45, 7) is 4.73. The third kappa shape index (κ3) is 6.63. The summed E-state index contributed by atoms with van der Waals surface area (Å²) in [7, 11) is 2.04. The summed E-state index contributed by atoms with van der Waals surface area (Å²) in [5.41, 5.74) is 8.38. The summed E-state index contributed by atoms with van der Waals surface area (Å²) in [6, 6.07) is 25.1. The number of carbonyl (C=O) groups is 1. The number of anilines is 2. The average molecular weight is 644 g/mol. The van der Waals surface area contributed by atoms with Gasteiger partial charge in [0.15, 0.2) is 0 Å². The molecule has 1 atom stereocenters. The lowest BCUT2D eigenvalue weighted by molar-refractivity contribution is -0.116. The Bertz CT molecular complexity index is 1620. The highest BCUT2D eigenvalue weighted by Crippen LogP contribution is 2.41. The molecule has 1 amide bonds. The molecule has 1 N–H and O–H groups in total. The third-order valence-corrected chi connectivity index (χ3v) is 8.90. The first-order valence-corrected chi connectivity index (χ1v) is 15.1. The van der Waals surface area contributed by atoms with Crippen molar-refractivity contribution in [1.82, 2.24) is 5.43 Å². The van der Waals surface area contributed by atoms with Crippen LogP contribution < -0.4 is 15.3 Å². The van der Waals surface area contributed by atoms with Crippen LogP contribution in [0.1, 0.15) is 16.7 Å². The fraction of sp³-hybridized carbons (Fsp3) is 0.161. The van der Waals surface area contributed by atoms with Crippen molar-refractivity contribution < 1.29 is 4.79 Å². The van der Waals surface area contributed by atoms with Gasteiger partial charge in [-0.1, -0.05) is 94.4 Å². The van der Waals surface area contributed by atoms with Crippen LogP contribution in [-0.2, 0) is 11.3 Å². The van der Waals surface area contributed by atoms with E-state index in [-0.39, 0.29) is 16.0 Å². The molecule has 41 heavy (non-hydrogen) atoms. The van der Waals surface area contributed by atoms with Crippen LogP contribution in [0.25, 0.3) is 0 Å². The molecular formula is C31H26Cl4N4OS. The molecule has 4 aromatic rings. The molecule has 0 saturated carbocycles. The molecule has 1 heterocycles. The zero-order valence-electron chi connectivity index (χ0n) is 22.5. The number of hydrogen-bond acceptors (Lipinski definition) is 4. The Hall–Kier alpha value is -2.87. The smallest absolute Gasteiger partial charge is 0.267 e. The molecule has 1 unspecified atom stereocenters. The number of aryl methyl sites for hydroxylation is 2. The van der Waals surface area contributed by atoms with Gasteiger partial charge in [-0.2, -0.15) is 0 Å². The molecule has 5 rings (SSSR count). The molecule has 0 aromatic heterocycles. The zero-order chi connectivity index (χ0) is 29.3. The molecule has 0 spiro atoms. The van der Waals surface area contributed by atoms with E-state index in [2.05, 4.69) is 41.5 Å². The molecule has 0 bridgehead atoms. The van der Waals surface area contributed by atoms with E-state index in [1.807, 2.05) is 50.4 Å². The van der Waals surface area contributed by atoms with Gasteiger partial charge in [0.1, 0.15) is 16.8 Å². The molecule has 4 aromatic carbocycles. The van der Waals surface area contributed by atoms with Crippen LogP contribution in [0.4, 0.5) is 17.1 Å². The predicted octanol–water partition coefficient (Wildman–Crippen LogP) is 9.30. The first-order chi connectivity index (χ1) is 19.6. The van der Waals surface area contributed by atoms with Gasteiger partial charge in [0.25, 0.3) is 5.91 Å². The van der Waals surface area contributed by atoms with Gasteiger partial charge in [0.2, 0.25) is 0 Å². The van der Waals surface area contributed by atoms with Crippen molar-refractivity contribution >= 4 is 87.0 Å². The van der Waals surface area contributed by atoms with Crippen LogP contribution in [0.3, 0.4) is 0 Å². The highest BCUT2D eigenvalue weighted by atomic mass is 35.5. The Balaban J connectivity index is 1.53. The quantitative estimate of drug-likeness (QED) is 0.218. The second-order valence-electron chi connectivity index (χ2n) is 9.76. The van der Waals surface area contributed by atoms with Gasteiger partial charge in [-0.15, -0.1) is 11.8 Å². The van der Waals surface area contributed by atoms with Crippen LogP contribution in [0, 0.1) is 13.8 Å². The number of amides is 1. The molecule has 1 fully saturated rings. The van der Waals surface area contributed by atoms with Gasteiger partial charge >= 0.3 is 0 Å². The Morgan fingerprint density at radius 2 is 1.54 bits per heavy atom. The average Bonchev–Trinajstić information content (AvgIpc) is 3.21. The molecule has 5 nitrogen and oxygen atoms in total. The molecule has 1 aliphatic heterocycles. The maximum Gasteiger partial charge on any atom is 0.267 e. The number of halogens is 4. The van der Waals surface area contributed by atoms with Gasteiger partial charge in [0, 0.05) is 23.5 Å². The summed E-state index contributed by atoms with van der Waals surface area (Å²) >= 11 is 27.1. The van der Waals surface area contributed by atoms with Crippen LogP contribution in [0.5, 0.6) is 0 Å². The van der Waals surface area contributed by atoms with Crippen molar-refractivity contribution in [3.63, 3.8) is 0 Å². The number of hydrazine groups is 1. The Kier molecular flexibility index (Phi) is 9.07. The molecule has 0 aliphatic carbocycles. The van der Waals surface area contributed by atoms with Crippen molar-refractivity contribution in [2.45, 2.75) is 30.5 Å². The number of carbonyl (C=O) groups excluding carboxylic acids is 1. The highest BCUT2D eigenvalue weighted by molar-refractivity contribution is 8.01. The largest absolute Gasteiger partial charge is 0.369 e. The van der Waals surface area contributed by atoms with E-state index < -0.39 is 5.25 Å². The predicted molar refractivity (Wildman–Crippen MR) is 175 cm³/mol. The minimum absolute atomic E-state index is 0.236. The summed E-state index contributed by atoms with van der Waals surface area (Å²) in [6.07, 6.45) is 0. The van der Waals surface area contributed by atoms with Gasteiger partial charge in [-0.3, -0.25) is 10.2 Å². The number of amidine groups is 1. The normalized spacial score (nSPS) is 15.9. The molecule has 1 saturated heterocycles. The zero-order valence-corrected chi connectivity index (χ0v) is 26.3. The van der Waals surface area contributed by atoms with Gasteiger partial charge < -0.3 is 4.90 Å². The Labute approximate surface area is 264 Å². The summed E-state index contributed by atoms with van der Waals surface area (Å²) in [5.74, 6) is 0.130. The van der Waals surface area contributed by atoms with E-state index in [9.17, 15) is 4.79 Å². The van der Waals surface area contributed by atoms with Gasteiger partial charge in [-0.05, 0) is 61.4 Å². The van der Waals surface area contributed by atoms with Gasteiger partial charge in [0.05, 0.1) is 26.4 Å². The van der Waals surface area contributed by atoms with Gasteiger partial charge in [-0.25, -0.2) is 10.0 Å². The number of thioether (sulfide) groups is 1. The third-order valence-electron chi connectivity index (χ3n) is 6.53. The van der Waals surface area contributed by atoms with Crippen LogP contribution >= 0.6 is 58.2 Å². The lowest BCUT2D eigenvalue weighted by Crippen LogP contribution is -2.36. The van der Waals surface area contributed by atoms with Crippen molar-refractivity contribution in [2.24, 2.45) is 4.99 Å². The van der Waals surface area contributed by atoms with E-state index in [4.69, 9.17) is 51.4 Å². The van der Waals surface area contributed by atoms with E-state index >= 15 is 0 Å². The number of hydrogen-bond donors (Lipinski definition) is 1. The minimum atomic E-state index is -0.733. The maximum absolute atomic E-state index is 14.0. The lowest BCUT2D eigenvalue weighted by atomic mass is 10.1. The number of para-hydroxylation sites is 1. The number of aliphatic imine (C=N–C) groups is 1. The van der Waals surface area contributed by atoms with Crippen LogP contribution in [0.2, 0.25) is 20.1 Å². The molecule has 1 aliphatic rings. The number of nitrogens with one attached hydrogen (secondary N) is 1. The van der Waals surface area contributed by atoms with Crippen molar-refractivity contribution in [3.8, 4) is 0 Å². The monoisotopic (exact) mass is 642 g/mol. The SMILES string of the molecule is Cc1ccc(CN(C)c2ccccc2SC2C(=O)N(c3c(Cl)cc(Cl)cc3Cl)NC2=Nc2cc(C)ccc2Cl)cc1.